The van der Waals surface area contributed by atoms with E-state index in [4.69, 9.17) is 11.6 Å². The smallest absolute Gasteiger partial charge is 0.123 e. The van der Waals surface area contributed by atoms with E-state index >= 15 is 0 Å². The lowest BCUT2D eigenvalue weighted by Crippen LogP contribution is -2.06. The summed E-state index contributed by atoms with van der Waals surface area (Å²) in [6.45, 7) is 3.51. The van der Waals surface area contributed by atoms with Crippen LogP contribution in [-0.4, -0.2) is 15.3 Å². The molecule has 1 aromatic carbocycles. The zero-order valence-electron chi connectivity index (χ0n) is 9.98. The molecule has 0 fully saturated rings. The highest BCUT2D eigenvalue weighted by Crippen LogP contribution is 2.30. The summed E-state index contributed by atoms with van der Waals surface area (Å²) in [5.41, 5.74) is 2.18. The highest BCUT2D eigenvalue weighted by Gasteiger charge is 2.18. The summed E-state index contributed by atoms with van der Waals surface area (Å²) in [6, 6.07) is 5.62. The molecule has 0 aliphatic heterocycles. The quantitative estimate of drug-likeness (QED) is 0.909. The lowest BCUT2D eigenvalue weighted by Gasteiger charge is -2.15. The molecule has 18 heavy (non-hydrogen) atoms. The summed E-state index contributed by atoms with van der Waals surface area (Å²) in [5, 5.41) is 18.4. The molecule has 3 nitrogen and oxygen atoms in total. The molecule has 1 unspecified atom stereocenters. The first-order chi connectivity index (χ1) is 8.49. The maximum atomic E-state index is 13.2. The van der Waals surface area contributed by atoms with Gasteiger partial charge in [-0.25, -0.2) is 4.39 Å². The van der Waals surface area contributed by atoms with Crippen LogP contribution >= 0.6 is 11.6 Å². The first kappa shape index (κ1) is 12.9. The van der Waals surface area contributed by atoms with Crippen molar-refractivity contribution in [1.29, 1.82) is 0 Å². The molecule has 1 atom stereocenters. The van der Waals surface area contributed by atoms with Crippen molar-refractivity contribution in [1.82, 2.24) is 10.2 Å². The van der Waals surface area contributed by atoms with Crippen LogP contribution in [0.1, 0.15) is 28.6 Å². The standard InChI is InChI=1S/C13H12ClFN2O/c1-7-5-10(8(2)17-16-7)13(18)11-6-9(15)3-4-12(11)14/h3-6,13,18H,1-2H3. The Bertz CT molecular complexity index is 538. The van der Waals surface area contributed by atoms with Crippen LogP contribution in [0.3, 0.4) is 0 Å². The average Bonchev–Trinajstić information content (AvgIpc) is 2.34. The molecule has 0 spiro atoms. The van der Waals surface area contributed by atoms with Gasteiger partial charge < -0.3 is 5.11 Å². The molecule has 0 radical (unpaired) electrons. The van der Waals surface area contributed by atoms with Crippen molar-refractivity contribution < 1.29 is 9.50 Å². The summed E-state index contributed by atoms with van der Waals surface area (Å²) >= 11 is 5.97. The molecule has 0 amide bonds. The van der Waals surface area contributed by atoms with Gasteiger partial charge in [0.2, 0.25) is 0 Å². The average molecular weight is 267 g/mol. The topological polar surface area (TPSA) is 46.0 Å². The van der Waals surface area contributed by atoms with Crippen molar-refractivity contribution in [2.24, 2.45) is 0 Å². The number of benzene rings is 1. The molecule has 1 heterocycles. The van der Waals surface area contributed by atoms with Crippen molar-refractivity contribution in [2.45, 2.75) is 20.0 Å². The van der Waals surface area contributed by atoms with Crippen LogP contribution in [0.15, 0.2) is 24.3 Å². The van der Waals surface area contributed by atoms with Crippen LogP contribution < -0.4 is 0 Å². The molecule has 0 saturated heterocycles. The third-order valence-corrected chi connectivity index (χ3v) is 3.03. The maximum Gasteiger partial charge on any atom is 0.123 e. The SMILES string of the molecule is Cc1cc(C(O)c2cc(F)ccc2Cl)c(C)nn1. The highest BCUT2D eigenvalue weighted by atomic mass is 35.5. The van der Waals surface area contributed by atoms with Crippen molar-refractivity contribution in [3.63, 3.8) is 0 Å². The number of hydrogen-bond donors (Lipinski definition) is 1. The van der Waals surface area contributed by atoms with Crippen molar-refractivity contribution in [2.75, 3.05) is 0 Å². The molecule has 0 saturated carbocycles. The summed E-state index contributed by atoms with van der Waals surface area (Å²) in [4.78, 5) is 0. The van der Waals surface area contributed by atoms with Gasteiger partial charge in [-0.3, -0.25) is 0 Å². The van der Waals surface area contributed by atoms with Crippen LogP contribution in [0.25, 0.3) is 0 Å². The molecule has 1 aromatic heterocycles. The van der Waals surface area contributed by atoms with Crippen LogP contribution in [0.4, 0.5) is 4.39 Å². The van der Waals surface area contributed by atoms with Gasteiger partial charge in [-0.15, -0.1) is 0 Å². The number of nitrogens with zero attached hydrogens (tertiary/aromatic N) is 2. The Morgan fingerprint density at radius 2 is 1.89 bits per heavy atom. The number of aryl methyl sites for hydroxylation is 2. The zero-order valence-corrected chi connectivity index (χ0v) is 10.7. The van der Waals surface area contributed by atoms with E-state index < -0.39 is 11.9 Å². The van der Waals surface area contributed by atoms with Crippen LogP contribution in [0.5, 0.6) is 0 Å². The van der Waals surface area contributed by atoms with Crippen molar-refractivity contribution >= 4 is 11.6 Å². The second-order valence-corrected chi connectivity index (χ2v) is 4.50. The summed E-state index contributed by atoms with van der Waals surface area (Å²) in [6.07, 6.45) is -1.01. The minimum atomic E-state index is -1.01. The van der Waals surface area contributed by atoms with Crippen LogP contribution in [0.2, 0.25) is 5.02 Å². The monoisotopic (exact) mass is 266 g/mol. The number of aromatic nitrogens is 2. The minimum Gasteiger partial charge on any atom is -0.384 e. The van der Waals surface area contributed by atoms with E-state index in [1.54, 1.807) is 19.9 Å². The fraction of sp³-hybridized carbons (Fsp3) is 0.231. The van der Waals surface area contributed by atoms with E-state index in [0.717, 1.165) is 0 Å². The predicted octanol–water partition coefficient (Wildman–Crippen LogP) is 2.97. The second-order valence-electron chi connectivity index (χ2n) is 4.09. The largest absolute Gasteiger partial charge is 0.384 e. The van der Waals surface area contributed by atoms with E-state index in [0.29, 0.717) is 27.5 Å². The van der Waals surface area contributed by atoms with Gasteiger partial charge in [0.1, 0.15) is 11.9 Å². The Labute approximate surface area is 109 Å². The van der Waals surface area contributed by atoms with E-state index in [1.165, 1.54) is 18.2 Å². The van der Waals surface area contributed by atoms with Crippen LogP contribution in [0, 0.1) is 19.7 Å². The molecule has 0 aliphatic carbocycles. The van der Waals surface area contributed by atoms with E-state index in [1.807, 2.05) is 0 Å². The summed E-state index contributed by atoms with van der Waals surface area (Å²) in [5.74, 6) is -0.440. The second kappa shape index (κ2) is 5.00. The molecular formula is C13H12ClFN2O. The Morgan fingerprint density at radius 1 is 1.17 bits per heavy atom. The molecular weight excluding hydrogens is 255 g/mol. The molecule has 1 N–H and O–H groups in total. The Morgan fingerprint density at radius 3 is 2.61 bits per heavy atom. The lowest BCUT2D eigenvalue weighted by atomic mass is 10.0. The number of aliphatic hydroxyl groups is 1. The summed E-state index contributed by atoms with van der Waals surface area (Å²) in [7, 11) is 0. The Kier molecular flexibility index (Phi) is 3.59. The van der Waals surface area contributed by atoms with Gasteiger partial charge in [-0.2, -0.15) is 10.2 Å². The van der Waals surface area contributed by atoms with E-state index in [2.05, 4.69) is 10.2 Å². The van der Waals surface area contributed by atoms with Gasteiger partial charge in [0, 0.05) is 16.1 Å². The third kappa shape index (κ3) is 2.49. The highest BCUT2D eigenvalue weighted by molar-refractivity contribution is 6.31. The van der Waals surface area contributed by atoms with Crippen LogP contribution in [-0.2, 0) is 0 Å². The molecule has 5 heteroatoms. The van der Waals surface area contributed by atoms with Gasteiger partial charge in [0.05, 0.1) is 11.4 Å². The normalized spacial score (nSPS) is 12.5. The Hall–Kier alpha value is -1.52. The minimum absolute atomic E-state index is 0.317. The van der Waals surface area contributed by atoms with E-state index in [9.17, 15) is 9.50 Å². The fourth-order valence-corrected chi connectivity index (χ4v) is 1.96. The molecule has 94 valence electrons. The molecule has 2 rings (SSSR count). The molecule has 0 bridgehead atoms. The third-order valence-electron chi connectivity index (χ3n) is 2.69. The predicted molar refractivity (Wildman–Crippen MR) is 67.0 cm³/mol. The van der Waals surface area contributed by atoms with Gasteiger partial charge in [-0.05, 0) is 38.1 Å². The number of rotatable bonds is 2. The fourth-order valence-electron chi connectivity index (χ4n) is 1.74. The molecule has 0 aliphatic rings. The first-order valence-corrected chi connectivity index (χ1v) is 5.80. The lowest BCUT2D eigenvalue weighted by molar-refractivity contribution is 0.218. The maximum absolute atomic E-state index is 13.2. The zero-order chi connectivity index (χ0) is 13.3. The van der Waals surface area contributed by atoms with Gasteiger partial charge in [-0.1, -0.05) is 11.6 Å². The number of hydrogen-bond acceptors (Lipinski definition) is 3. The molecule has 2 aromatic rings. The van der Waals surface area contributed by atoms with Crippen molar-refractivity contribution in [3.8, 4) is 0 Å². The van der Waals surface area contributed by atoms with Gasteiger partial charge in [0.15, 0.2) is 0 Å². The van der Waals surface area contributed by atoms with Gasteiger partial charge >= 0.3 is 0 Å². The Balaban J connectivity index is 2.50. The number of halogens is 2. The van der Waals surface area contributed by atoms with Gasteiger partial charge in [0.25, 0.3) is 0 Å². The summed E-state index contributed by atoms with van der Waals surface area (Å²) < 4.78 is 13.2. The van der Waals surface area contributed by atoms with Crippen molar-refractivity contribution in [3.05, 3.63) is 57.6 Å². The first-order valence-electron chi connectivity index (χ1n) is 5.43. The number of aliphatic hydroxyl groups excluding tert-OH is 1. The van der Waals surface area contributed by atoms with E-state index in [-0.39, 0.29) is 0 Å².